The van der Waals surface area contributed by atoms with E-state index in [0.29, 0.717) is 0 Å². The summed E-state index contributed by atoms with van der Waals surface area (Å²) in [6.07, 6.45) is -5.40. The number of hydrogen-bond donors (Lipinski definition) is 0. The number of esters is 1. The maximum atomic E-state index is 12.0. The minimum Gasteiger partial charge on any atom is -0.459 e. The molecule has 12 heteroatoms. The second kappa shape index (κ2) is 13.9. The maximum Gasteiger partial charge on any atom is 0.333 e. The van der Waals surface area contributed by atoms with Gasteiger partial charge in [0.15, 0.2) is 6.29 Å². The quantitative estimate of drug-likeness (QED) is 0.237. The lowest BCUT2D eigenvalue weighted by atomic mass is 9.98. The van der Waals surface area contributed by atoms with Crippen molar-refractivity contribution >= 4 is 5.97 Å². The topological polar surface area (TPSA) is 119 Å². The lowest BCUT2D eigenvalue weighted by molar-refractivity contribution is -0.390. The molecule has 0 aromatic carbocycles. The molecule has 2 aliphatic rings. The van der Waals surface area contributed by atoms with Crippen LogP contribution in [0.2, 0.25) is 0 Å². The zero-order valence-electron chi connectivity index (χ0n) is 21.8. The molecule has 204 valence electrons. The smallest absolute Gasteiger partial charge is 0.333 e. The van der Waals surface area contributed by atoms with E-state index in [1.165, 1.54) is 28.4 Å². The van der Waals surface area contributed by atoms with Gasteiger partial charge in [-0.15, -0.1) is 0 Å². The Labute approximate surface area is 206 Å². The molecule has 2 aliphatic heterocycles. The highest BCUT2D eigenvalue weighted by atomic mass is 16.8. The van der Waals surface area contributed by atoms with Gasteiger partial charge in [0.05, 0.1) is 6.61 Å². The second-order valence-electron chi connectivity index (χ2n) is 8.35. The number of methoxy groups -OCH3 is 7. The average Bonchev–Trinajstić information content (AvgIpc) is 3.13. The molecule has 0 saturated carbocycles. The summed E-state index contributed by atoms with van der Waals surface area (Å²) < 4.78 is 63.5. The fraction of sp³-hybridized carbons (Fsp3) is 0.870. The molecule has 35 heavy (non-hydrogen) atoms. The minimum atomic E-state index is -1.50. The Bertz CT molecular complexity index is 675. The van der Waals surface area contributed by atoms with E-state index in [1.807, 2.05) is 0 Å². The predicted molar refractivity (Wildman–Crippen MR) is 121 cm³/mol. The van der Waals surface area contributed by atoms with E-state index < -0.39 is 60.8 Å². The van der Waals surface area contributed by atoms with Gasteiger partial charge in [-0.1, -0.05) is 6.58 Å². The minimum absolute atomic E-state index is 0.0487. The molecule has 2 fully saturated rings. The third-order valence-electron chi connectivity index (χ3n) is 6.10. The normalized spacial score (nSPS) is 37.4. The Hall–Kier alpha value is -1.19. The van der Waals surface area contributed by atoms with Crippen LogP contribution < -0.4 is 0 Å². The largest absolute Gasteiger partial charge is 0.459 e. The fourth-order valence-electron chi connectivity index (χ4n) is 4.55. The monoisotopic (exact) mass is 508 g/mol. The molecule has 0 bridgehead atoms. The van der Waals surface area contributed by atoms with E-state index in [1.54, 1.807) is 28.3 Å². The number of carbonyl (C=O) groups excluding carboxylic acids is 1. The number of hydrogen-bond acceptors (Lipinski definition) is 12. The molecular formula is C23H40O12. The van der Waals surface area contributed by atoms with Gasteiger partial charge in [0, 0.05) is 55.3 Å². The first-order valence-corrected chi connectivity index (χ1v) is 11.2. The summed E-state index contributed by atoms with van der Waals surface area (Å²) >= 11 is 0. The van der Waals surface area contributed by atoms with Crippen molar-refractivity contribution in [1.82, 2.24) is 0 Å². The van der Waals surface area contributed by atoms with Crippen molar-refractivity contribution in [2.45, 2.75) is 61.7 Å². The van der Waals surface area contributed by atoms with Crippen LogP contribution in [0.15, 0.2) is 12.2 Å². The van der Waals surface area contributed by atoms with Crippen LogP contribution in [0.5, 0.6) is 0 Å². The van der Waals surface area contributed by atoms with E-state index in [0.717, 1.165) is 0 Å². The molecule has 2 rings (SSSR count). The molecule has 2 saturated heterocycles. The van der Waals surface area contributed by atoms with E-state index in [-0.39, 0.29) is 25.4 Å². The number of carbonyl (C=O) groups is 1. The van der Waals surface area contributed by atoms with E-state index >= 15 is 0 Å². The molecule has 0 spiro atoms. The van der Waals surface area contributed by atoms with Gasteiger partial charge >= 0.3 is 5.97 Å². The zero-order valence-corrected chi connectivity index (χ0v) is 21.8. The van der Waals surface area contributed by atoms with Gasteiger partial charge in [0.2, 0.25) is 5.79 Å². The van der Waals surface area contributed by atoms with Crippen molar-refractivity contribution in [3.8, 4) is 0 Å². The van der Waals surface area contributed by atoms with Gasteiger partial charge in [-0.3, -0.25) is 0 Å². The fourth-order valence-corrected chi connectivity index (χ4v) is 4.55. The lowest BCUT2D eigenvalue weighted by Gasteiger charge is -2.47. The Morgan fingerprint density at radius 2 is 1.43 bits per heavy atom. The molecule has 0 aromatic rings. The zero-order chi connectivity index (χ0) is 26.2. The molecule has 0 aromatic heterocycles. The van der Waals surface area contributed by atoms with Gasteiger partial charge in [-0.05, 0) is 6.92 Å². The summed E-state index contributed by atoms with van der Waals surface area (Å²) in [5.41, 5.74) is 0.265. The number of ether oxygens (including phenoxy) is 11. The average molecular weight is 509 g/mol. The number of rotatable bonds is 14. The van der Waals surface area contributed by atoms with Crippen LogP contribution in [0.3, 0.4) is 0 Å². The molecular weight excluding hydrogens is 468 g/mol. The first-order chi connectivity index (χ1) is 16.8. The summed E-state index contributed by atoms with van der Waals surface area (Å²) in [6.45, 7) is 5.21. The molecule has 9 atom stereocenters. The second-order valence-corrected chi connectivity index (χ2v) is 8.35. The molecule has 0 amide bonds. The van der Waals surface area contributed by atoms with E-state index in [2.05, 4.69) is 6.58 Å². The molecule has 0 unspecified atom stereocenters. The summed E-state index contributed by atoms with van der Waals surface area (Å²) in [5.74, 6) is -2.05. The molecule has 0 N–H and O–H groups in total. The highest BCUT2D eigenvalue weighted by Gasteiger charge is 2.61. The first kappa shape index (κ1) is 30.0. The van der Waals surface area contributed by atoms with Gasteiger partial charge in [-0.25, -0.2) is 4.79 Å². The predicted octanol–water partition coefficient (Wildman–Crippen LogP) is 0.310. The van der Waals surface area contributed by atoms with Crippen LogP contribution >= 0.6 is 0 Å². The summed E-state index contributed by atoms with van der Waals surface area (Å²) in [5, 5.41) is 0. The van der Waals surface area contributed by atoms with E-state index in [4.69, 9.17) is 52.1 Å². The molecule has 0 radical (unpaired) electrons. The Morgan fingerprint density at radius 1 is 0.800 bits per heavy atom. The van der Waals surface area contributed by atoms with Crippen molar-refractivity contribution < 1.29 is 56.9 Å². The van der Waals surface area contributed by atoms with Crippen molar-refractivity contribution in [2.24, 2.45) is 0 Å². The Balaban J connectivity index is 2.37. The van der Waals surface area contributed by atoms with Crippen LogP contribution in [0.1, 0.15) is 6.92 Å². The highest BCUT2D eigenvalue weighted by Crippen LogP contribution is 2.40. The Morgan fingerprint density at radius 3 is 1.91 bits per heavy atom. The molecule has 12 nitrogen and oxygen atoms in total. The van der Waals surface area contributed by atoms with Crippen LogP contribution in [0.4, 0.5) is 0 Å². The van der Waals surface area contributed by atoms with Crippen molar-refractivity contribution in [2.75, 3.05) is 69.6 Å². The van der Waals surface area contributed by atoms with E-state index in [9.17, 15) is 4.79 Å². The third-order valence-corrected chi connectivity index (χ3v) is 6.10. The van der Waals surface area contributed by atoms with Crippen molar-refractivity contribution in [3.63, 3.8) is 0 Å². The SMILES string of the molecule is C=C(C)C(=O)OC[C@H]1O[C@@](COC)(O[C@H]2O[C@H](COC)[C@@H](OC)[C@H](OC)[C@H]2OC)[C@@H](OC)[C@@H]1OC. The van der Waals surface area contributed by atoms with Gasteiger partial charge in [0.25, 0.3) is 0 Å². The lowest BCUT2D eigenvalue weighted by Crippen LogP contribution is -2.64. The van der Waals surface area contributed by atoms with Gasteiger partial charge < -0.3 is 52.1 Å². The van der Waals surface area contributed by atoms with Crippen molar-refractivity contribution in [1.29, 1.82) is 0 Å². The first-order valence-electron chi connectivity index (χ1n) is 11.2. The summed E-state index contributed by atoms with van der Waals surface area (Å²) in [7, 11) is 10.7. The van der Waals surface area contributed by atoms with Crippen LogP contribution in [0.25, 0.3) is 0 Å². The van der Waals surface area contributed by atoms with Crippen molar-refractivity contribution in [3.05, 3.63) is 12.2 Å². The molecule has 0 aliphatic carbocycles. The van der Waals surface area contributed by atoms with Crippen LogP contribution in [-0.4, -0.2) is 130 Å². The standard InChI is InChI=1S/C23H40O12/c1-13(2)21(24)32-11-15-17(28-6)20(31-9)23(34-15,12-26-4)35-22-19(30-8)18(29-7)16(27-5)14(33-22)10-25-3/h14-20,22H,1,10-12H2,2-9H3/t14-,15-,16-,17-,18+,19-,20+,22-,23+/m1/s1. The van der Waals surface area contributed by atoms with Gasteiger partial charge in [0.1, 0.15) is 55.9 Å². The molecule has 2 heterocycles. The third kappa shape index (κ3) is 6.58. The maximum absolute atomic E-state index is 12.0. The van der Waals surface area contributed by atoms with Crippen LogP contribution in [-0.2, 0) is 56.9 Å². The van der Waals surface area contributed by atoms with Gasteiger partial charge in [-0.2, -0.15) is 0 Å². The Kier molecular flexibility index (Phi) is 12.0. The van der Waals surface area contributed by atoms with Crippen LogP contribution in [0, 0.1) is 0 Å². The summed E-state index contributed by atoms with van der Waals surface area (Å²) in [6, 6.07) is 0. The highest BCUT2D eigenvalue weighted by molar-refractivity contribution is 5.86. The summed E-state index contributed by atoms with van der Waals surface area (Å²) in [4.78, 5) is 12.0.